The van der Waals surface area contributed by atoms with E-state index in [1.807, 2.05) is 59.5 Å². The van der Waals surface area contributed by atoms with Gasteiger partial charge >= 0.3 is 0 Å². The Labute approximate surface area is 144 Å². The molecular formula is C21H25NO2. The zero-order valence-electron chi connectivity index (χ0n) is 14.1. The second-order valence-corrected chi connectivity index (χ2v) is 6.36. The van der Waals surface area contributed by atoms with Gasteiger partial charge in [0.1, 0.15) is 12.4 Å². The molecule has 1 aliphatic rings. The number of hydrogen-bond donors (Lipinski definition) is 0. The molecule has 0 atom stereocenters. The first-order valence-electron chi connectivity index (χ1n) is 8.89. The van der Waals surface area contributed by atoms with Crippen LogP contribution < -0.4 is 4.74 Å². The van der Waals surface area contributed by atoms with Crippen molar-refractivity contribution in [2.24, 2.45) is 0 Å². The molecule has 0 spiro atoms. The number of benzene rings is 2. The van der Waals surface area contributed by atoms with Crippen LogP contribution in [0.25, 0.3) is 0 Å². The monoisotopic (exact) mass is 323 g/mol. The van der Waals surface area contributed by atoms with E-state index >= 15 is 0 Å². The Morgan fingerprint density at radius 2 is 1.58 bits per heavy atom. The van der Waals surface area contributed by atoms with Gasteiger partial charge in [-0.2, -0.15) is 0 Å². The van der Waals surface area contributed by atoms with Crippen molar-refractivity contribution in [3.63, 3.8) is 0 Å². The maximum absolute atomic E-state index is 12.8. The Morgan fingerprint density at radius 1 is 0.875 bits per heavy atom. The predicted molar refractivity (Wildman–Crippen MR) is 96.2 cm³/mol. The average molecular weight is 323 g/mol. The van der Waals surface area contributed by atoms with E-state index in [0.717, 1.165) is 42.8 Å². The Morgan fingerprint density at radius 3 is 2.33 bits per heavy atom. The molecule has 3 rings (SSSR count). The molecule has 3 heteroatoms. The van der Waals surface area contributed by atoms with Gasteiger partial charge in [-0.05, 0) is 36.6 Å². The number of ether oxygens (including phenoxy) is 1. The van der Waals surface area contributed by atoms with Crippen molar-refractivity contribution in [3.8, 4) is 5.75 Å². The van der Waals surface area contributed by atoms with Crippen LogP contribution in [-0.4, -0.2) is 23.9 Å². The number of hydrogen-bond acceptors (Lipinski definition) is 2. The SMILES string of the molecule is O=C(c1cccc(OCc2ccccc2)c1)N1CCCCCCC1. The second kappa shape index (κ2) is 8.53. The highest BCUT2D eigenvalue weighted by Crippen LogP contribution is 2.18. The fourth-order valence-electron chi connectivity index (χ4n) is 3.09. The molecule has 0 unspecified atom stereocenters. The van der Waals surface area contributed by atoms with E-state index in [2.05, 4.69) is 0 Å². The van der Waals surface area contributed by atoms with Crippen molar-refractivity contribution in [3.05, 3.63) is 65.7 Å². The molecule has 0 N–H and O–H groups in total. The smallest absolute Gasteiger partial charge is 0.253 e. The lowest BCUT2D eigenvalue weighted by Crippen LogP contribution is -2.33. The highest BCUT2D eigenvalue weighted by Gasteiger charge is 2.17. The largest absolute Gasteiger partial charge is 0.489 e. The number of carbonyl (C=O) groups is 1. The summed E-state index contributed by atoms with van der Waals surface area (Å²) < 4.78 is 5.84. The van der Waals surface area contributed by atoms with Crippen molar-refractivity contribution >= 4 is 5.91 Å². The molecule has 1 fully saturated rings. The normalized spacial score (nSPS) is 15.4. The van der Waals surface area contributed by atoms with Crippen molar-refractivity contribution < 1.29 is 9.53 Å². The van der Waals surface area contributed by atoms with E-state index in [0.29, 0.717) is 6.61 Å². The summed E-state index contributed by atoms with van der Waals surface area (Å²) in [6.45, 7) is 2.25. The maximum Gasteiger partial charge on any atom is 0.253 e. The van der Waals surface area contributed by atoms with Gasteiger partial charge in [0.2, 0.25) is 0 Å². The molecule has 2 aromatic rings. The minimum atomic E-state index is 0.127. The lowest BCUT2D eigenvalue weighted by atomic mass is 10.1. The summed E-state index contributed by atoms with van der Waals surface area (Å²) in [6.07, 6.45) is 5.96. The summed E-state index contributed by atoms with van der Waals surface area (Å²) in [5.74, 6) is 0.874. The molecule has 0 aromatic heterocycles. The van der Waals surface area contributed by atoms with Crippen LogP contribution in [-0.2, 0) is 6.61 Å². The van der Waals surface area contributed by atoms with Gasteiger partial charge in [-0.25, -0.2) is 0 Å². The van der Waals surface area contributed by atoms with Crippen LogP contribution in [0.2, 0.25) is 0 Å². The van der Waals surface area contributed by atoms with E-state index in [4.69, 9.17) is 4.74 Å². The highest BCUT2D eigenvalue weighted by atomic mass is 16.5. The van der Waals surface area contributed by atoms with Gasteiger partial charge in [0.05, 0.1) is 0 Å². The lowest BCUT2D eigenvalue weighted by Gasteiger charge is -2.25. The summed E-state index contributed by atoms with van der Waals surface area (Å²) in [5.41, 5.74) is 1.85. The molecule has 24 heavy (non-hydrogen) atoms. The molecule has 0 aliphatic carbocycles. The molecule has 1 aliphatic heterocycles. The number of likely N-dealkylation sites (tertiary alicyclic amines) is 1. The van der Waals surface area contributed by atoms with E-state index in [-0.39, 0.29) is 5.91 Å². The fourth-order valence-corrected chi connectivity index (χ4v) is 3.09. The van der Waals surface area contributed by atoms with Crippen LogP contribution in [0.5, 0.6) is 5.75 Å². The summed E-state index contributed by atoms with van der Waals surface area (Å²) in [4.78, 5) is 14.8. The number of carbonyl (C=O) groups excluding carboxylic acids is 1. The number of rotatable bonds is 4. The molecule has 1 saturated heterocycles. The third-order valence-electron chi connectivity index (χ3n) is 4.47. The van der Waals surface area contributed by atoms with Gasteiger partial charge < -0.3 is 9.64 Å². The molecule has 0 radical (unpaired) electrons. The van der Waals surface area contributed by atoms with Gasteiger partial charge in [0, 0.05) is 18.7 Å². The van der Waals surface area contributed by atoms with Crippen LogP contribution in [0.15, 0.2) is 54.6 Å². The third-order valence-corrected chi connectivity index (χ3v) is 4.47. The molecule has 1 amide bonds. The Hall–Kier alpha value is -2.29. The Kier molecular flexibility index (Phi) is 5.89. The number of nitrogens with zero attached hydrogens (tertiary/aromatic N) is 1. The summed E-state index contributed by atoms with van der Waals surface area (Å²) in [5, 5.41) is 0. The van der Waals surface area contributed by atoms with Crippen molar-refractivity contribution in [2.75, 3.05) is 13.1 Å². The van der Waals surface area contributed by atoms with E-state index < -0.39 is 0 Å². The first kappa shape index (κ1) is 16.6. The third kappa shape index (κ3) is 4.60. The Bertz CT molecular complexity index is 646. The standard InChI is InChI=1S/C21H25NO2/c23-21(22-14-7-2-1-3-8-15-22)19-12-9-13-20(16-19)24-17-18-10-5-4-6-11-18/h4-6,9-13,16H,1-3,7-8,14-15,17H2. The van der Waals surface area contributed by atoms with E-state index in [1.54, 1.807) is 0 Å². The Balaban J connectivity index is 1.64. The molecule has 2 aromatic carbocycles. The zero-order chi connectivity index (χ0) is 16.6. The first-order chi connectivity index (χ1) is 11.8. The average Bonchev–Trinajstić information content (AvgIpc) is 2.60. The summed E-state index contributed by atoms with van der Waals surface area (Å²) >= 11 is 0. The van der Waals surface area contributed by atoms with Crippen molar-refractivity contribution in [2.45, 2.75) is 38.7 Å². The molecule has 0 bridgehead atoms. The van der Waals surface area contributed by atoms with Crippen LogP contribution in [0, 0.1) is 0 Å². The van der Waals surface area contributed by atoms with Gasteiger partial charge in [-0.1, -0.05) is 55.7 Å². The minimum absolute atomic E-state index is 0.127. The van der Waals surface area contributed by atoms with Gasteiger partial charge in [-0.15, -0.1) is 0 Å². The van der Waals surface area contributed by atoms with Crippen molar-refractivity contribution in [1.29, 1.82) is 0 Å². The molecule has 126 valence electrons. The molecule has 0 saturated carbocycles. The molecule has 3 nitrogen and oxygen atoms in total. The highest BCUT2D eigenvalue weighted by molar-refractivity contribution is 5.94. The van der Waals surface area contributed by atoms with Crippen LogP contribution in [0.4, 0.5) is 0 Å². The van der Waals surface area contributed by atoms with Crippen LogP contribution >= 0.6 is 0 Å². The van der Waals surface area contributed by atoms with E-state index in [9.17, 15) is 4.79 Å². The summed E-state index contributed by atoms with van der Waals surface area (Å²) in [7, 11) is 0. The first-order valence-corrected chi connectivity index (χ1v) is 8.89. The molecular weight excluding hydrogens is 298 g/mol. The minimum Gasteiger partial charge on any atom is -0.489 e. The van der Waals surface area contributed by atoms with Gasteiger partial charge in [-0.3, -0.25) is 4.79 Å². The van der Waals surface area contributed by atoms with Gasteiger partial charge in [0.25, 0.3) is 5.91 Å². The summed E-state index contributed by atoms with van der Waals surface area (Å²) in [6, 6.07) is 17.6. The van der Waals surface area contributed by atoms with Crippen molar-refractivity contribution in [1.82, 2.24) is 4.90 Å². The van der Waals surface area contributed by atoms with Crippen LogP contribution in [0.1, 0.15) is 48.0 Å². The second-order valence-electron chi connectivity index (χ2n) is 6.36. The maximum atomic E-state index is 12.8. The quantitative estimate of drug-likeness (QED) is 0.818. The fraction of sp³-hybridized carbons (Fsp3) is 0.381. The topological polar surface area (TPSA) is 29.5 Å². The predicted octanol–water partition coefficient (Wildman–Crippen LogP) is 4.67. The lowest BCUT2D eigenvalue weighted by molar-refractivity contribution is 0.0742. The zero-order valence-corrected chi connectivity index (χ0v) is 14.1. The number of amides is 1. The van der Waals surface area contributed by atoms with E-state index in [1.165, 1.54) is 19.3 Å². The van der Waals surface area contributed by atoms with Crippen LogP contribution in [0.3, 0.4) is 0 Å². The van der Waals surface area contributed by atoms with Gasteiger partial charge in [0.15, 0.2) is 0 Å². The molecule has 1 heterocycles.